The number of imidazole rings is 1. The van der Waals surface area contributed by atoms with E-state index in [2.05, 4.69) is 36.9 Å². The Labute approximate surface area is 209 Å². The summed E-state index contributed by atoms with van der Waals surface area (Å²) >= 11 is 0. The molecular weight excluding hydrogens is 452 g/mol. The minimum absolute atomic E-state index is 0.0237. The Bertz CT molecular complexity index is 1550. The highest BCUT2D eigenvalue weighted by molar-refractivity contribution is 6.00. The summed E-state index contributed by atoms with van der Waals surface area (Å²) in [6.07, 6.45) is 6.50. The Kier molecular flexibility index (Phi) is 4.09. The molecule has 4 fully saturated rings. The molecule has 184 valence electrons. The van der Waals surface area contributed by atoms with E-state index in [0.717, 1.165) is 65.4 Å². The third-order valence-corrected chi connectivity index (χ3v) is 9.23. The quantitative estimate of drug-likeness (QED) is 0.439. The van der Waals surface area contributed by atoms with E-state index in [1.165, 1.54) is 12.8 Å². The lowest BCUT2D eigenvalue weighted by Gasteiger charge is -2.63. The van der Waals surface area contributed by atoms with E-state index in [-0.39, 0.29) is 11.4 Å². The van der Waals surface area contributed by atoms with Crippen molar-refractivity contribution in [1.29, 1.82) is 0 Å². The number of nitrogens with one attached hydrogen (secondary N) is 2. The number of carbonyl (C=O) groups excluding carboxylic acids is 1. The zero-order chi connectivity index (χ0) is 24.2. The molecule has 8 heteroatoms. The molecule has 1 unspecified atom stereocenters. The van der Waals surface area contributed by atoms with Crippen LogP contribution in [0.1, 0.15) is 36.0 Å². The van der Waals surface area contributed by atoms with Crippen LogP contribution >= 0.6 is 0 Å². The first-order valence-corrected chi connectivity index (χ1v) is 13.1. The molecule has 1 saturated heterocycles. The molecule has 1 aromatic carbocycles. The Morgan fingerprint density at radius 1 is 1.28 bits per heavy atom. The average Bonchev–Trinajstić information content (AvgIpc) is 3.50. The number of ether oxygens (including phenoxy) is 1. The van der Waals surface area contributed by atoms with E-state index in [1.807, 2.05) is 31.4 Å². The second kappa shape index (κ2) is 7.09. The van der Waals surface area contributed by atoms with Crippen molar-refractivity contribution in [3.63, 3.8) is 0 Å². The van der Waals surface area contributed by atoms with Crippen LogP contribution in [-0.4, -0.2) is 50.2 Å². The van der Waals surface area contributed by atoms with Crippen molar-refractivity contribution in [1.82, 2.24) is 29.7 Å². The summed E-state index contributed by atoms with van der Waals surface area (Å²) in [5.41, 5.74) is 4.30. The van der Waals surface area contributed by atoms with Crippen molar-refractivity contribution in [2.24, 2.45) is 24.8 Å². The molecule has 3 saturated carbocycles. The maximum Gasteiger partial charge on any atom is 0.251 e. The zero-order valence-electron chi connectivity index (χ0n) is 20.6. The van der Waals surface area contributed by atoms with Crippen LogP contribution in [0.25, 0.3) is 33.6 Å². The minimum Gasteiger partial charge on any atom is -0.494 e. The topological polar surface area (TPSA) is 86.0 Å². The highest BCUT2D eigenvalue weighted by Gasteiger charge is 2.68. The summed E-state index contributed by atoms with van der Waals surface area (Å²) in [5, 5.41) is 8.10. The van der Waals surface area contributed by atoms with E-state index >= 15 is 0 Å². The first-order valence-electron chi connectivity index (χ1n) is 13.1. The van der Waals surface area contributed by atoms with Crippen LogP contribution in [0.5, 0.6) is 5.75 Å². The van der Waals surface area contributed by atoms with E-state index in [4.69, 9.17) is 9.72 Å². The average molecular weight is 483 g/mol. The molecule has 0 radical (unpaired) electrons. The lowest BCUT2D eigenvalue weighted by atomic mass is 9.47. The number of amides is 1. The van der Waals surface area contributed by atoms with Gasteiger partial charge in [-0.2, -0.15) is 0 Å². The summed E-state index contributed by atoms with van der Waals surface area (Å²) < 4.78 is 10.2. The van der Waals surface area contributed by atoms with Gasteiger partial charge in [-0.25, -0.2) is 9.97 Å². The van der Waals surface area contributed by atoms with Crippen molar-refractivity contribution in [3.8, 4) is 17.3 Å². The van der Waals surface area contributed by atoms with E-state index in [1.54, 1.807) is 7.11 Å². The van der Waals surface area contributed by atoms with Gasteiger partial charge in [0.15, 0.2) is 5.82 Å². The van der Waals surface area contributed by atoms with E-state index in [9.17, 15) is 4.79 Å². The SMILES string of the molecule is COc1cc(C(=O)NC23C[C@@H]4CN[C@H](C2)[C@@H]43)cc2nc(-c3cc4cccnc4n3CC3CC3)n(C)c12. The predicted molar refractivity (Wildman–Crippen MR) is 137 cm³/mol. The van der Waals surface area contributed by atoms with Gasteiger partial charge in [-0.05, 0) is 74.4 Å². The number of hydrogen-bond donors (Lipinski definition) is 2. The molecule has 4 aliphatic rings. The molecule has 4 heterocycles. The molecule has 8 nitrogen and oxygen atoms in total. The van der Waals surface area contributed by atoms with Crippen molar-refractivity contribution in [2.45, 2.75) is 43.8 Å². The third-order valence-electron chi connectivity index (χ3n) is 9.23. The number of benzene rings is 1. The van der Waals surface area contributed by atoms with Gasteiger partial charge in [0.05, 0.1) is 18.3 Å². The number of hydrogen-bond acceptors (Lipinski definition) is 5. The van der Waals surface area contributed by atoms with Crippen molar-refractivity contribution in [2.75, 3.05) is 13.7 Å². The third kappa shape index (κ3) is 2.76. The number of nitrogens with zero attached hydrogens (tertiary/aromatic N) is 4. The molecule has 4 aromatic rings. The van der Waals surface area contributed by atoms with Gasteiger partial charge in [-0.1, -0.05) is 0 Å². The second-order valence-electron chi connectivity index (χ2n) is 11.4. The molecular formula is C28H30N6O2. The minimum atomic E-state index is -0.0294. The maximum atomic E-state index is 13.4. The van der Waals surface area contributed by atoms with Gasteiger partial charge in [0.25, 0.3) is 5.91 Å². The van der Waals surface area contributed by atoms with Crippen LogP contribution in [0, 0.1) is 17.8 Å². The number of rotatable bonds is 6. The summed E-state index contributed by atoms with van der Waals surface area (Å²) in [4.78, 5) is 23.1. The lowest BCUT2D eigenvalue weighted by Crippen LogP contribution is -2.74. The highest BCUT2D eigenvalue weighted by atomic mass is 16.5. The van der Waals surface area contributed by atoms with Crippen molar-refractivity contribution in [3.05, 3.63) is 42.1 Å². The molecule has 1 aliphatic heterocycles. The molecule has 4 atom stereocenters. The second-order valence-corrected chi connectivity index (χ2v) is 11.4. The first kappa shape index (κ1) is 20.8. The molecule has 2 N–H and O–H groups in total. The number of aromatic nitrogens is 4. The van der Waals surface area contributed by atoms with Gasteiger partial charge >= 0.3 is 0 Å². The van der Waals surface area contributed by atoms with Gasteiger partial charge in [0.1, 0.15) is 16.9 Å². The van der Waals surface area contributed by atoms with E-state index in [0.29, 0.717) is 29.2 Å². The molecule has 36 heavy (non-hydrogen) atoms. The van der Waals surface area contributed by atoms with Crippen LogP contribution in [-0.2, 0) is 13.6 Å². The highest BCUT2D eigenvalue weighted by Crippen LogP contribution is 2.60. The van der Waals surface area contributed by atoms with Crippen LogP contribution < -0.4 is 15.4 Å². The van der Waals surface area contributed by atoms with Gasteiger partial charge in [-0.3, -0.25) is 4.79 Å². The van der Waals surface area contributed by atoms with Crippen molar-refractivity contribution < 1.29 is 9.53 Å². The summed E-state index contributed by atoms with van der Waals surface area (Å²) in [5.74, 6) is 3.51. The van der Waals surface area contributed by atoms with Gasteiger partial charge in [0, 0.05) is 48.2 Å². The Morgan fingerprint density at radius 2 is 2.17 bits per heavy atom. The summed E-state index contributed by atoms with van der Waals surface area (Å²) in [6.45, 7) is 2.04. The van der Waals surface area contributed by atoms with Gasteiger partial charge < -0.3 is 24.5 Å². The normalized spacial score (nSPS) is 28.1. The Hall–Kier alpha value is -3.39. The van der Waals surface area contributed by atoms with E-state index < -0.39 is 0 Å². The van der Waals surface area contributed by atoms with Crippen LogP contribution in [0.2, 0.25) is 0 Å². The summed E-state index contributed by atoms with van der Waals surface area (Å²) in [7, 11) is 3.68. The molecule has 3 aliphatic carbocycles. The fourth-order valence-electron chi connectivity index (χ4n) is 7.34. The molecule has 3 aromatic heterocycles. The maximum absolute atomic E-state index is 13.4. The molecule has 0 spiro atoms. The number of aryl methyl sites for hydroxylation is 1. The standard InChI is InChI=1S/C28H30N6O2/c1-33-24-19(31-26(33)21-9-16-4-3-7-29-25(16)34(21)14-15-5-6-15)8-17(10-22(24)36-2)27(35)32-28-11-18-13-30-20(12-28)23(18)28/h3-4,7-10,15,18,20,23,30H,5-6,11-14H2,1-2H3,(H,32,35)/t18-,20-,23-,28?/m1/s1. The van der Waals surface area contributed by atoms with Gasteiger partial charge in [-0.15, -0.1) is 0 Å². The Morgan fingerprint density at radius 3 is 2.97 bits per heavy atom. The fraction of sp³-hybridized carbons (Fsp3) is 0.464. The smallest absolute Gasteiger partial charge is 0.251 e. The monoisotopic (exact) mass is 482 g/mol. The van der Waals surface area contributed by atoms with Crippen LogP contribution in [0.3, 0.4) is 0 Å². The van der Waals surface area contributed by atoms with Crippen LogP contribution in [0.15, 0.2) is 36.5 Å². The van der Waals surface area contributed by atoms with Crippen molar-refractivity contribution >= 4 is 28.0 Å². The molecule has 8 rings (SSSR count). The number of methoxy groups -OCH3 is 1. The molecule has 1 amide bonds. The fourth-order valence-corrected chi connectivity index (χ4v) is 7.34. The lowest BCUT2D eigenvalue weighted by molar-refractivity contribution is -0.0585. The zero-order valence-corrected chi connectivity index (χ0v) is 20.6. The molecule has 0 bridgehead atoms. The van der Waals surface area contributed by atoms with Crippen LogP contribution in [0.4, 0.5) is 0 Å². The first-order chi connectivity index (χ1) is 17.5. The summed E-state index contributed by atoms with van der Waals surface area (Å²) in [6, 6.07) is 10.6. The Balaban J connectivity index is 1.20. The number of carbonyl (C=O) groups is 1. The predicted octanol–water partition coefficient (Wildman–Crippen LogP) is 3.49. The largest absolute Gasteiger partial charge is 0.494 e. The number of fused-ring (bicyclic) bond motifs is 2. The van der Waals surface area contributed by atoms with Gasteiger partial charge in [0.2, 0.25) is 0 Å². The number of pyridine rings is 1.